The summed E-state index contributed by atoms with van der Waals surface area (Å²) in [5, 5.41) is 2.69. The summed E-state index contributed by atoms with van der Waals surface area (Å²) in [6.45, 7) is 3.98. The summed E-state index contributed by atoms with van der Waals surface area (Å²) in [5.74, 6) is -0.0333. The number of rotatable bonds is 5. The molecule has 0 radical (unpaired) electrons. The molecule has 0 aromatic rings. The average Bonchev–Trinajstić information content (AvgIpc) is 2.38. The number of nitrogens with two attached hydrogens (primary N) is 1. The number of piperidine rings is 1. The number of nitrogens with one attached hydrogen (secondary N) is 1. The summed E-state index contributed by atoms with van der Waals surface area (Å²) in [5.41, 5.74) is 5.57. The van der Waals surface area contributed by atoms with E-state index in [-0.39, 0.29) is 11.8 Å². The van der Waals surface area contributed by atoms with Gasteiger partial charge in [-0.05, 0) is 25.7 Å². The lowest BCUT2D eigenvalue weighted by atomic mass is 10.1. The van der Waals surface area contributed by atoms with E-state index in [1.165, 1.54) is 6.42 Å². The Hall–Kier alpha value is -1.10. The van der Waals surface area contributed by atoms with Crippen LogP contribution in [0.3, 0.4) is 0 Å². The molecule has 0 bridgehead atoms. The molecule has 98 valence electrons. The summed E-state index contributed by atoms with van der Waals surface area (Å²) < 4.78 is 0. The lowest BCUT2D eigenvalue weighted by Gasteiger charge is -2.26. The summed E-state index contributed by atoms with van der Waals surface area (Å²) in [6, 6.07) is -0.458. The average molecular weight is 241 g/mol. The van der Waals surface area contributed by atoms with Crippen molar-refractivity contribution in [2.75, 3.05) is 19.6 Å². The lowest BCUT2D eigenvalue weighted by molar-refractivity contribution is -0.132. The van der Waals surface area contributed by atoms with Crippen molar-refractivity contribution < 1.29 is 9.59 Å². The van der Waals surface area contributed by atoms with Crippen LogP contribution in [0.25, 0.3) is 0 Å². The van der Waals surface area contributed by atoms with Crippen molar-refractivity contribution in [2.45, 2.75) is 45.1 Å². The lowest BCUT2D eigenvalue weighted by Crippen LogP contribution is -2.42. The Morgan fingerprint density at radius 3 is 2.53 bits per heavy atom. The second-order valence-corrected chi connectivity index (χ2v) is 4.50. The first kappa shape index (κ1) is 14.0. The van der Waals surface area contributed by atoms with Crippen LogP contribution in [0, 0.1) is 0 Å². The summed E-state index contributed by atoms with van der Waals surface area (Å²) >= 11 is 0. The van der Waals surface area contributed by atoms with E-state index < -0.39 is 6.04 Å². The molecule has 17 heavy (non-hydrogen) atoms. The van der Waals surface area contributed by atoms with Crippen molar-refractivity contribution in [2.24, 2.45) is 5.73 Å². The molecule has 1 fully saturated rings. The third-order valence-corrected chi connectivity index (χ3v) is 3.12. The van der Waals surface area contributed by atoms with Gasteiger partial charge in [-0.1, -0.05) is 6.92 Å². The molecule has 3 N–H and O–H groups in total. The zero-order chi connectivity index (χ0) is 12.7. The second kappa shape index (κ2) is 7.27. The highest BCUT2D eigenvalue weighted by atomic mass is 16.2. The first-order valence-corrected chi connectivity index (χ1v) is 6.46. The zero-order valence-electron chi connectivity index (χ0n) is 10.6. The molecule has 5 nitrogen and oxygen atoms in total. The van der Waals surface area contributed by atoms with E-state index in [1.807, 2.05) is 11.8 Å². The SMILES string of the molecule is CC[C@H](N)C(=O)NCCC(=O)N1CCCCC1. The Kier molecular flexibility index (Phi) is 5.97. The normalized spacial score (nSPS) is 17.6. The molecular weight excluding hydrogens is 218 g/mol. The molecule has 0 aliphatic carbocycles. The van der Waals surface area contributed by atoms with Gasteiger partial charge in [-0.25, -0.2) is 0 Å². The number of carbonyl (C=O) groups is 2. The number of hydrogen-bond acceptors (Lipinski definition) is 3. The number of carbonyl (C=O) groups excluding carboxylic acids is 2. The molecule has 5 heteroatoms. The van der Waals surface area contributed by atoms with Gasteiger partial charge in [0.05, 0.1) is 6.04 Å². The third kappa shape index (κ3) is 4.73. The molecule has 1 aliphatic rings. The van der Waals surface area contributed by atoms with Gasteiger partial charge in [0, 0.05) is 26.1 Å². The van der Waals surface area contributed by atoms with Crippen molar-refractivity contribution in [3.05, 3.63) is 0 Å². The van der Waals surface area contributed by atoms with Crippen LogP contribution < -0.4 is 11.1 Å². The van der Waals surface area contributed by atoms with Crippen LogP contribution >= 0.6 is 0 Å². The Morgan fingerprint density at radius 2 is 1.94 bits per heavy atom. The molecule has 1 aliphatic heterocycles. The Morgan fingerprint density at radius 1 is 1.29 bits per heavy atom. The Balaban J connectivity index is 2.17. The fraction of sp³-hybridized carbons (Fsp3) is 0.833. The highest BCUT2D eigenvalue weighted by molar-refractivity contribution is 5.82. The summed E-state index contributed by atoms with van der Waals surface area (Å²) in [4.78, 5) is 25.0. The predicted octanol–water partition coefficient (Wildman–Crippen LogP) is 0.243. The Bertz CT molecular complexity index is 262. The van der Waals surface area contributed by atoms with Crippen LogP contribution in [0.5, 0.6) is 0 Å². The quantitative estimate of drug-likeness (QED) is 0.724. The van der Waals surface area contributed by atoms with Gasteiger partial charge in [0.1, 0.15) is 0 Å². The van der Waals surface area contributed by atoms with Gasteiger partial charge in [0.2, 0.25) is 11.8 Å². The summed E-state index contributed by atoms with van der Waals surface area (Å²) in [6.07, 6.45) is 4.40. The van der Waals surface area contributed by atoms with E-state index in [1.54, 1.807) is 0 Å². The van der Waals surface area contributed by atoms with E-state index in [2.05, 4.69) is 5.32 Å². The van der Waals surface area contributed by atoms with Crippen molar-refractivity contribution in [3.63, 3.8) is 0 Å². The van der Waals surface area contributed by atoms with Crippen LogP contribution in [0.1, 0.15) is 39.0 Å². The fourth-order valence-electron chi connectivity index (χ4n) is 1.91. The van der Waals surface area contributed by atoms with E-state index >= 15 is 0 Å². The van der Waals surface area contributed by atoms with Crippen LogP contribution in [0.2, 0.25) is 0 Å². The zero-order valence-corrected chi connectivity index (χ0v) is 10.6. The molecule has 1 heterocycles. The predicted molar refractivity (Wildman–Crippen MR) is 66.3 cm³/mol. The molecule has 0 aromatic carbocycles. The maximum Gasteiger partial charge on any atom is 0.236 e. The van der Waals surface area contributed by atoms with E-state index in [0.717, 1.165) is 25.9 Å². The molecule has 0 saturated carbocycles. The van der Waals surface area contributed by atoms with Crippen LogP contribution in [0.4, 0.5) is 0 Å². The van der Waals surface area contributed by atoms with Crippen LogP contribution in [-0.4, -0.2) is 42.4 Å². The highest BCUT2D eigenvalue weighted by Gasteiger charge is 2.16. The van der Waals surface area contributed by atoms with Crippen molar-refractivity contribution in [1.29, 1.82) is 0 Å². The minimum atomic E-state index is -0.458. The third-order valence-electron chi connectivity index (χ3n) is 3.12. The molecule has 1 atom stereocenters. The summed E-state index contributed by atoms with van der Waals surface area (Å²) in [7, 11) is 0. The first-order valence-electron chi connectivity index (χ1n) is 6.46. The van der Waals surface area contributed by atoms with Gasteiger partial charge < -0.3 is 16.0 Å². The fourth-order valence-corrected chi connectivity index (χ4v) is 1.91. The highest BCUT2D eigenvalue weighted by Crippen LogP contribution is 2.09. The van der Waals surface area contributed by atoms with Gasteiger partial charge in [0.15, 0.2) is 0 Å². The Labute approximate surface area is 103 Å². The molecule has 0 aromatic heterocycles. The molecule has 1 saturated heterocycles. The topological polar surface area (TPSA) is 75.4 Å². The number of likely N-dealkylation sites (tertiary alicyclic amines) is 1. The largest absolute Gasteiger partial charge is 0.354 e. The van der Waals surface area contributed by atoms with Crippen molar-refractivity contribution in [3.8, 4) is 0 Å². The number of amides is 2. The minimum absolute atomic E-state index is 0.134. The van der Waals surface area contributed by atoms with Gasteiger partial charge in [-0.2, -0.15) is 0 Å². The molecular formula is C12H23N3O2. The maximum absolute atomic E-state index is 11.8. The maximum atomic E-state index is 11.8. The van der Waals surface area contributed by atoms with Gasteiger partial charge in [-0.15, -0.1) is 0 Å². The molecule has 2 amide bonds. The van der Waals surface area contributed by atoms with Crippen molar-refractivity contribution >= 4 is 11.8 Å². The van der Waals surface area contributed by atoms with Gasteiger partial charge >= 0.3 is 0 Å². The molecule has 1 rings (SSSR count). The van der Waals surface area contributed by atoms with E-state index in [0.29, 0.717) is 19.4 Å². The van der Waals surface area contributed by atoms with E-state index in [9.17, 15) is 9.59 Å². The van der Waals surface area contributed by atoms with Crippen LogP contribution in [-0.2, 0) is 9.59 Å². The van der Waals surface area contributed by atoms with Gasteiger partial charge in [-0.3, -0.25) is 9.59 Å². The smallest absolute Gasteiger partial charge is 0.236 e. The molecule has 0 unspecified atom stereocenters. The van der Waals surface area contributed by atoms with Crippen molar-refractivity contribution in [1.82, 2.24) is 10.2 Å². The second-order valence-electron chi connectivity index (χ2n) is 4.50. The van der Waals surface area contributed by atoms with Crippen LogP contribution in [0.15, 0.2) is 0 Å². The number of nitrogens with zero attached hydrogens (tertiary/aromatic N) is 1. The monoisotopic (exact) mass is 241 g/mol. The minimum Gasteiger partial charge on any atom is -0.354 e. The standard InChI is InChI=1S/C12H23N3O2/c1-2-10(13)12(17)14-7-6-11(16)15-8-4-3-5-9-15/h10H,2-9,13H2,1H3,(H,14,17)/t10-/m0/s1. The number of hydrogen-bond donors (Lipinski definition) is 2. The molecule has 0 spiro atoms. The van der Waals surface area contributed by atoms with Gasteiger partial charge in [0.25, 0.3) is 0 Å². The first-order chi connectivity index (χ1) is 8.15. The van der Waals surface area contributed by atoms with E-state index in [4.69, 9.17) is 5.73 Å².